The van der Waals surface area contributed by atoms with Gasteiger partial charge in [-0.25, -0.2) is 13.5 Å². The third-order valence-electron chi connectivity index (χ3n) is 5.19. The van der Waals surface area contributed by atoms with E-state index in [0.717, 1.165) is 17.7 Å². The van der Waals surface area contributed by atoms with Crippen LogP contribution in [0.1, 0.15) is 33.2 Å². The van der Waals surface area contributed by atoms with E-state index in [4.69, 9.17) is 5.73 Å². The summed E-state index contributed by atoms with van der Waals surface area (Å²) in [6.45, 7) is 1.93. The van der Waals surface area contributed by atoms with Crippen LogP contribution in [0, 0.1) is 18.6 Å². The first-order valence-electron chi connectivity index (χ1n) is 9.06. The van der Waals surface area contributed by atoms with Crippen LogP contribution in [0.3, 0.4) is 0 Å². The van der Waals surface area contributed by atoms with Crippen molar-refractivity contribution < 1.29 is 18.4 Å². The number of hydrogen-bond acceptors (Lipinski definition) is 3. The standard InChI is InChI=1S/C21H18F2N4O2/c1-12-16(11-25-27(12)18-7-6-14(22)10-17(18)23)21(29)26-9-8-13-4-2-3-5-15(13)19(26)20(24)28/h2-7,10-11,19H,8-9H2,1H3,(H2,24,28). The van der Waals surface area contributed by atoms with Crippen LogP contribution in [0.25, 0.3) is 5.69 Å². The first-order chi connectivity index (χ1) is 13.9. The maximum absolute atomic E-state index is 14.2. The SMILES string of the molecule is Cc1c(C(=O)N2CCc3ccccc3C2C(N)=O)cnn1-c1ccc(F)cc1F. The molecule has 0 saturated carbocycles. The summed E-state index contributed by atoms with van der Waals surface area (Å²) in [4.78, 5) is 26.8. The summed E-state index contributed by atoms with van der Waals surface area (Å²) < 4.78 is 28.6. The van der Waals surface area contributed by atoms with Crippen LogP contribution in [0.2, 0.25) is 0 Å². The van der Waals surface area contributed by atoms with Gasteiger partial charge in [-0.15, -0.1) is 0 Å². The van der Waals surface area contributed by atoms with Gasteiger partial charge in [-0.2, -0.15) is 5.10 Å². The van der Waals surface area contributed by atoms with Gasteiger partial charge in [0.25, 0.3) is 5.91 Å². The zero-order chi connectivity index (χ0) is 20.7. The molecular formula is C21H18F2N4O2. The van der Waals surface area contributed by atoms with Gasteiger partial charge in [0, 0.05) is 12.6 Å². The van der Waals surface area contributed by atoms with Crippen molar-refractivity contribution in [3.05, 3.63) is 82.7 Å². The van der Waals surface area contributed by atoms with Crippen molar-refractivity contribution in [2.24, 2.45) is 5.73 Å². The van der Waals surface area contributed by atoms with Gasteiger partial charge in [0.15, 0.2) is 5.82 Å². The fourth-order valence-corrected chi connectivity index (χ4v) is 3.76. The summed E-state index contributed by atoms with van der Waals surface area (Å²) in [6, 6.07) is 9.60. The number of fused-ring (bicyclic) bond motifs is 1. The van der Waals surface area contributed by atoms with E-state index in [0.29, 0.717) is 24.2 Å². The van der Waals surface area contributed by atoms with Gasteiger partial charge in [0.05, 0.1) is 17.5 Å². The largest absolute Gasteiger partial charge is 0.368 e. The Labute approximate surface area is 165 Å². The minimum Gasteiger partial charge on any atom is -0.368 e. The molecule has 0 aliphatic carbocycles. The van der Waals surface area contributed by atoms with Crippen LogP contribution in [0.4, 0.5) is 8.78 Å². The molecular weight excluding hydrogens is 378 g/mol. The van der Waals surface area contributed by atoms with Crippen molar-refractivity contribution in [2.45, 2.75) is 19.4 Å². The van der Waals surface area contributed by atoms with Gasteiger partial charge < -0.3 is 10.6 Å². The molecule has 148 valence electrons. The summed E-state index contributed by atoms with van der Waals surface area (Å²) in [6.07, 6.45) is 1.91. The molecule has 1 atom stereocenters. The number of aromatic nitrogens is 2. The molecule has 0 bridgehead atoms. The van der Waals surface area contributed by atoms with E-state index in [2.05, 4.69) is 5.10 Å². The summed E-state index contributed by atoms with van der Waals surface area (Å²) in [7, 11) is 0. The predicted octanol–water partition coefficient (Wildman–Crippen LogP) is 2.68. The maximum Gasteiger partial charge on any atom is 0.258 e. The van der Waals surface area contributed by atoms with Crippen molar-refractivity contribution in [3.63, 3.8) is 0 Å². The number of carbonyl (C=O) groups excluding carboxylic acids is 2. The van der Waals surface area contributed by atoms with Crippen LogP contribution in [-0.2, 0) is 11.2 Å². The minimum absolute atomic E-state index is 0.0263. The second kappa shape index (κ2) is 7.12. The van der Waals surface area contributed by atoms with E-state index in [-0.39, 0.29) is 11.3 Å². The molecule has 29 heavy (non-hydrogen) atoms. The van der Waals surface area contributed by atoms with Gasteiger partial charge in [-0.05, 0) is 36.6 Å². The number of primary amides is 1. The van der Waals surface area contributed by atoms with E-state index in [1.54, 1.807) is 19.1 Å². The number of rotatable bonds is 3. The van der Waals surface area contributed by atoms with Gasteiger partial charge in [-0.3, -0.25) is 9.59 Å². The Kier molecular flexibility index (Phi) is 4.62. The van der Waals surface area contributed by atoms with E-state index >= 15 is 0 Å². The third kappa shape index (κ3) is 3.16. The molecule has 0 fully saturated rings. The Morgan fingerprint density at radius 2 is 1.93 bits per heavy atom. The van der Waals surface area contributed by atoms with Crippen molar-refractivity contribution in [1.29, 1.82) is 0 Å². The molecule has 2 amide bonds. The molecule has 1 unspecified atom stereocenters. The topological polar surface area (TPSA) is 81.2 Å². The van der Waals surface area contributed by atoms with Crippen molar-refractivity contribution in [1.82, 2.24) is 14.7 Å². The van der Waals surface area contributed by atoms with E-state index in [1.807, 2.05) is 12.1 Å². The van der Waals surface area contributed by atoms with Gasteiger partial charge >= 0.3 is 0 Å². The summed E-state index contributed by atoms with van der Waals surface area (Å²) in [5.74, 6) is -2.55. The van der Waals surface area contributed by atoms with E-state index < -0.39 is 29.5 Å². The number of carbonyl (C=O) groups is 2. The lowest BCUT2D eigenvalue weighted by Crippen LogP contribution is -2.45. The molecule has 1 aliphatic heterocycles. The number of hydrogen-bond donors (Lipinski definition) is 1. The second-order valence-electron chi connectivity index (χ2n) is 6.90. The summed E-state index contributed by atoms with van der Waals surface area (Å²) in [5.41, 5.74) is 7.92. The van der Waals surface area contributed by atoms with Crippen LogP contribution in [0.5, 0.6) is 0 Å². The molecule has 2 heterocycles. The lowest BCUT2D eigenvalue weighted by Gasteiger charge is -2.35. The molecule has 0 radical (unpaired) electrons. The monoisotopic (exact) mass is 396 g/mol. The number of halogens is 2. The minimum atomic E-state index is -0.891. The number of amides is 2. The Morgan fingerprint density at radius 1 is 1.17 bits per heavy atom. The molecule has 4 rings (SSSR count). The average molecular weight is 396 g/mol. The lowest BCUT2D eigenvalue weighted by atomic mass is 9.91. The lowest BCUT2D eigenvalue weighted by molar-refractivity contribution is -0.123. The van der Waals surface area contributed by atoms with Crippen LogP contribution in [-0.4, -0.2) is 33.0 Å². The highest BCUT2D eigenvalue weighted by Gasteiger charge is 2.36. The maximum atomic E-state index is 14.2. The summed E-state index contributed by atoms with van der Waals surface area (Å²) >= 11 is 0. The quantitative estimate of drug-likeness (QED) is 0.739. The fourth-order valence-electron chi connectivity index (χ4n) is 3.76. The van der Waals surface area contributed by atoms with Gasteiger partial charge in [0.2, 0.25) is 5.91 Å². The first-order valence-corrected chi connectivity index (χ1v) is 9.06. The Balaban J connectivity index is 1.72. The molecule has 2 N–H and O–H groups in total. The Bertz CT molecular complexity index is 1130. The zero-order valence-electron chi connectivity index (χ0n) is 15.6. The first kappa shape index (κ1) is 18.8. The second-order valence-corrected chi connectivity index (χ2v) is 6.90. The van der Waals surface area contributed by atoms with Gasteiger partial charge in [0.1, 0.15) is 17.5 Å². The molecule has 0 saturated heterocycles. The fraction of sp³-hybridized carbons (Fsp3) is 0.190. The zero-order valence-corrected chi connectivity index (χ0v) is 15.6. The van der Waals surface area contributed by atoms with Gasteiger partial charge in [-0.1, -0.05) is 24.3 Å². The van der Waals surface area contributed by atoms with Crippen molar-refractivity contribution >= 4 is 11.8 Å². The smallest absolute Gasteiger partial charge is 0.258 e. The Morgan fingerprint density at radius 3 is 2.66 bits per heavy atom. The Hall–Kier alpha value is -3.55. The third-order valence-corrected chi connectivity index (χ3v) is 5.19. The van der Waals surface area contributed by atoms with Crippen LogP contribution >= 0.6 is 0 Å². The highest BCUT2D eigenvalue weighted by atomic mass is 19.1. The highest BCUT2D eigenvalue weighted by molar-refractivity contribution is 5.98. The van der Waals surface area contributed by atoms with Crippen LogP contribution in [0.15, 0.2) is 48.7 Å². The van der Waals surface area contributed by atoms with E-state index in [1.165, 1.54) is 21.8 Å². The molecule has 1 aliphatic rings. The van der Waals surface area contributed by atoms with Crippen LogP contribution < -0.4 is 5.73 Å². The molecule has 2 aromatic carbocycles. The molecule has 3 aromatic rings. The summed E-state index contributed by atoms with van der Waals surface area (Å²) in [5, 5.41) is 4.10. The van der Waals surface area contributed by atoms with Crippen molar-refractivity contribution in [2.75, 3.05) is 6.54 Å². The predicted molar refractivity (Wildman–Crippen MR) is 101 cm³/mol. The molecule has 0 spiro atoms. The molecule has 6 nitrogen and oxygen atoms in total. The highest BCUT2D eigenvalue weighted by Crippen LogP contribution is 2.31. The number of benzene rings is 2. The normalized spacial score (nSPS) is 15.8. The molecule has 8 heteroatoms. The average Bonchev–Trinajstić information content (AvgIpc) is 3.07. The van der Waals surface area contributed by atoms with Crippen molar-refractivity contribution in [3.8, 4) is 5.69 Å². The molecule has 1 aromatic heterocycles. The number of nitrogens with two attached hydrogens (primary N) is 1. The van der Waals surface area contributed by atoms with E-state index in [9.17, 15) is 18.4 Å². The number of nitrogens with zero attached hydrogens (tertiary/aromatic N) is 3.